The highest BCUT2D eigenvalue weighted by molar-refractivity contribution is 7.13. The normalized spacial score (nSPS) is 15.0. The molecule has 1 aromatic heterocycles. The van der Waals surface area contributed by atoms with Crippen LogP contribution in [0.25, 0.3) is 0 Å². The van der Waals surface area contributed by atoms with Crippen LogP contribution in [0.15, 0.2) is 24.4 Å². The van der Waals surface area contributed by atoms with Crippen LogP contribution in [0.3, 0.4) is 0 Å². The van der Waals surface area contributed by atoms with Gasteiger partial charge in [-0.05, 0) is 38.1 Å². The largest absolute Gasteiger partial charge is 0.347 e. The maximum Gasteiger partial charge on any atom is 0.263 e. The topological polar surface area (TPSA) is 45.2 Å². The molecule has 3 rings (SSSR count). The van der Waals surface area contributed by atoms with Gasteiger partial charge in [0.25, 0.3) is 5.91 Å². The third kappa shape index (κ3) is 4.07. The number of hydrogen-bond acceptors (Lipinski definition) is 4. The first-order valence-electron chi connectivity index (χ1n) is 7.51. The Morgan fingerprint density at radius 2 is 2.17 bits per heavy atom. The summed E-state index contributed by atoms with van der Waals surface area (Å²) in [7, 11) is 0. The highest BCUT2D eigenvalue weighted by atomic mass is 35.5. The van der Waals surface area contributed by atoms with E-state index in [1.54, 1.807) is 12.3 Å². The molecular weight excluding hydrogens is 337 g/mol. The molecule has 0 aliphatic carbocycles. The van der Waals surface area contributed by atoms with Crippen molar-refractivity contribution in [3.05, 3.63) is 50.7 Å². The van der Waals surface area contributed by atoms with Gasteiger partial charge in [0.15, 0.2) is 0 Å². The van der Waals surface area contributed by atoms with Gasteiger partial charge in [-0.1, -0.05) is 17.7 Å². The number of carbonyl (C=O) groups is 1. The third-order valence-electron chi connectivity index (χ3n) is 3.82. The molecule has 0 atom stereocenters. The average Bonchev–Trinajstić information content (AvgIpc) is 3.19. The second-order valence-corrected chi connectivity index (χ2v) is 7.01. The zero-order valence-corrected chi connectivity index (χ0v) is 14.1. The zero-order chi connectivity index (χ0) is 16.2. The molecule has 0 spiro atoms. The van der Waals surface area contributed by atoms with Crippen molar-refractivity contribution in [2.24, 2.45) is 0 Å². The van der Waals surface area contributed by atoms with Gasteiger partial charge >= 0.3 is 0 Å². The summed E-state index contributed by atoms with van der Waals surface area (Å²) in [6, 6.07) is 4.47. The first-order chi connectivity index (χ1) is 11.1. The van der Waals surface area contributed by atoms with Crippen LogP contribution >= 0.6 is 22.9 Å². The number of nitrogens with one attached hydrogen (secondary N) is 1. The van der Waals surface area contributed by atoms with E-state index in [9.17, 15) is 9.18 Å². The molecule has 7 heteroatoms. The number of rotatable bonds is 5. The van der Waals surface area contributed by atoms with Gasteiger partial charge in [-0.15, -0.1) is 11.3 Å². The molecule has 0 bridgehead atoms. The summed E-state index contributed by atoms with van der Waals surface area (Å²) >= 11 is 7.33. The summed E-state index contributed by atoms with van der Waals surface area (Å²) in [6.07, 6.45) is 4.03. The number of nitrogens with zero attached hydrogens (tertiary/aromatic N) is 2. The molecule has 1 aliphatic rings. The van der Waals surface area contributed by atoms with Crippen molar-refractivity contribution in [3.63, 3.8) is 0 Å². The lowest BCUT2D eigenvalue weighted by Gasteiger charge is -2.11. The fourth-order valence-corrected chi connectivity index (χ4v) is 3.68. The molecule has 2 aromatic rings. The fourth-order valence-electron chi connectivity index (χ4n) is 2.58. The van der Waals surface area contributed by atoms with Gasteiger partial charge < -0.3 is 5.32 Å². The molecule has 1 fully saturated rings. The van der Waals surface area contributed by atoms with Crippen LogP contribution in [-0.2, 0) is 13.1 Å². The Kier molecular flexibility index (Phi) is 5.25. The van der Waals surface area contributed by atoms with E-state index in [1.165, 1.54) is 36.3 Å². The molecule has 0 radical (unpaired) electrons. The Morgan fingerprint density at radius 1 is 1.39 bits per heavy atom. The second-order valence-electron chi connectivity index (χ2n) is 5.48. The second kappa shape index (κ2) is 7.38. The summed E-state index contributed by atoms with van der Waals surface area (Å²) in [4.78, 5) is 19.3. The standard InChI is InChI=1S/C16H17ClFN3OS/c17-12-4-3-5-13(18)11(12)8-20-16(22)14-9-19-15(23-14)10-21-6-1-2-7-21/h3-5,9H,1-2,6-8,10H2,(H,20,22). The molecule has 1 aromatic carbocycles. The number of aromatic nitrogens is 1. The number of benzene rings is 1. The lowest BCUT2D eigenvalue weighted by atomic mass is 10.2. The van der Waals surface area contributed by atoms with Gasteiger partial charge in [0, 0.05) is 17.1 Å². The lowest BCUT2D eigenvalue weighted by Crippen LogP contribution is -2.22. The number of likely N-dealkylation sites (tertiary alicyclic amines) is 1. The molecule has 0 saturated carbocycles. The van der Waals surface area contributed by atoms with E-state index in [-0.39, 0.29) is 12.5 Å². The van der Waals surface area contributed by atoms with E-state index < -0.39 is 5.82 Å². The van der Waals surface area contributed by atoms with Crippen LogP contribution in [0.4, 0.5) is 4.39 Å². The number of amides is 1. The van der Waals surface area contributed by atoms with Crippen molar-refractivity contribution in [1.29, 1.82) is 0 Å². The smallest absolute Gasteiger partial charge is 0.263 e. The molecule has 1 N–H and O–H groups in total. The number of halogens is 2. The molecule has 122 valence electrons. The Labute approximate surface area is 143 Å². The maximum absolute atomic E-state index is 13.7. The van der Waals surface area contributed by atoms with Crippen LogP contribution in [0.1, 0.15) is 33.1 Å². The Bertz CT molecular complexity index is 680. The maximum atomic E-state index is 13.7. The molecule has 0 unspecified atom stereocenters. The van der Waals surface area contributed by atoms with Crippen molar-refractivity contribution in [3.8, 4) is 0 Å². The van der Waals surface area contributed by atoms with Gasteiger partial charge in [0.05, 0.1) is 12.7 Å². The molecule has 1 saturated heterocycles. The molecule has 4 nitrogen and oxygen atoms in total. The van der Waals surface area contributed by atoms with Gasteiger partial charge in [0.2, 0.25) is 0 Å². The van der Waals surface area contributed by atoms with Gasteiger partial charge in [-0.3, -0.25) is 9.69 Å². The summed E-state index contributed by atoms with van der Waals surface area (Å²) in [5.74, 6) is -0.675. The van der Waals surface area contributed by atoms with Crippen LogP contribution in [-0.4, -0.2) is 28.9 Å². The van der Waals surface area contributed by atoms with E-state index in [0.717, 1.165) is 24.6 Å². The van der Waals surface area contributed by atoms with Crippen molar-refractivity contribution in [2.75, 3.05) is 13.1 Å². The SMILES string of the molecule is O=C(NCc1c(F)cccc1Cl)c1cnc(CN2CCCC2)s1. The average molecular weight is 354 g/mol. The first-order valence-corrected chi connectivity index (χ1v) is 8.71. The van der Waals surface area contributed by atoms with Crippen molar-refractivity contribution >= 4 is 28.8 Å². The van der Waals surface area contributed by atoms with Gasteiger partial charge in [0.1, 0.15) is 15.7 Å². The van der Waals surface area contributed by atoms with E-state index in [0.29, 0.717) is 15.5 Å². The summed E-state index contributed by atoms with van der Waals surface area (Å²) in [5.41, 5.74) is 0.296. The highest BCUT2D eigenvalue weighted by Gasteiger charge is 2.16. The Hall–Kier alpha value is -1.50. The molecule has 1 amide bonds. The third-order valence-corrected chi connectivity index (χ3v) is 5.16. The molecular formula is C16H17ClFN3OS. The van der Waals surface area contributed by atoms with E-state index in [2.05, 4.69) is 15.2 Å². The minimum atomic E-state index is -0.420. The highest BCUT2D eigenvalue weighted by Crippen LogP contribution is 2.20. The fraction of sp³-hybridized carbons (Fsp3) is 0.375. The van der Waals surface area contributed by atoms with Gasteiger partial charge in [-0.25, -0.2) is 9.37 Å². The van der Waals surface area contributed by atoms with Crippen LogP contribution in [0, 0.1) is 5.82 Å². The minimum absolute atomic E-state index is 0.0592. The number of thiazole rings is 1. The van der Waals surface area contributed by atoms with Crippen molar-refractivity contribution in [2.45, 2.75) is 25.9 Å². The Morgan fingerprint density at radius 3 is 2.91 bits per heavy atom. The van der Waals surface area contributed by atoms with Crippen LogP contribution in [0.2, 0.25) is 5.02 Å². The lowest BCUT2D eigenvalue weighted by molar-refractivity contribution is 0.0954. The van der Waals surface area contributed by atoms with E-state index >= 15 is 0 Å². The van der Waals surface area contributed by atoms with Crippen LogP contribution < -0.4 is 5.32 Å². The number of carbonyl (C=O) groups excluding carboxylic acids is 1. The monoisotopic (exact) mass is 353 g/mol. The minimum Gasteiger partial charge on any atom is -0.347 e. The molecule has 1 aliphatic heterocycles. The zero-order valence-electron chi connectivity index (χ0n) is 12.5. The van der Waals surface area contributed by atoms with Crippen LogP contribution in [0.5, 0.6) is 0 Å². The molecule has 2 heterocycles. The van der Waals surface area contributed by atoms with Gasteiger partial charge in [-0.2, -0.15) is 0 Å². The van der Waals surface area contributed by atoms with E-state index in [4.69, 9.17) is 11.6 Å². The summed E-state index contributed by atoms with van der Waals surface area (Å²) in [5, 5.41) is 3.94. The first kappa shape index (κ1) is 16.4. The van der Waals surface area contributed by atoms with E-state index in [1.807, 2.05) is 0 Å². The summed E-state index contributed by atoms with van der Waals surface area (Å²) in [6.45, 7) is 3.03. The molecule has 23 heavy (non-hydrogen) atoms. The van der Waals surface area contributed by atoms with Crippen molar-refractivity contribution in [1.82, 2.24) is 15.2 Å². The predicted molar refractivity (Wildman–Crippen MR) is 89.2 cm³/mol. The quantitative estimate of drug-likeness (QED) is 0.895. The predicted octanol–water partition coefficient (Wildman–Crippen LogP) is 3.46. The van der Waals surface area contributed by atoms with Crippen molar-refractivity contribution < 1.29 is 9.18 Å². The summed E-state index contributed by atoms with van der Waals surface area (Å²) < 4.78 is 13.7. The Balaban J connectivity index is 1.59. The number of hydrogen-bond donors (Lipinski definition) is 1.